The molecule has 140 valence electrons. The Kier molecular flexibility index (Phi) is 3.89. The average Bonchev–Trinajstić information content (AvgIpc) is 3.00. The van der Waals surface area contributed by atoms with Crippen molar-refractivity contribution < 1.29 is 14.7 Å². The highest BCUT2D eigenvalue weighted by Crippen LogP contribution is 2.59. The third-order valence-corrected chi connectivity index (χ3v) is 7.63. The van der Waals surface area contributed by atoms with Gasteiger partial charge in [0.15, 0.2) is 5.78 Å². The highest BCUT2D eigenvalue weighted by atomic mass is 16.3. The maximum absolute atomic E-state index is 13.1. The quantitative estimate of drug-likeness (QED) is 0.830. The molecule has 1 aromatic carbocycles. The van der Waals surface area contributed by atoms with Crippen molar-refractivity contribution >= 4 is 11.6 Å². The first-order chi connectivity index (χ1) is 13.1. The molecule has 0 spiro atoms. The van der Waals surface area contributed by atoms with Crippen LogP contribution in [0.1, 0.15) is 56.9 Å². The zero-order chi connectivity index (χ0) is 18.6. The second kappa shape index (κ2) is 6.19. The first-order valence-corrected chi connectivity index (χ1v) is 10.3. The molecule has 3 nitrogen and oxygen atoms in total. The van der Waals surface area contributed by atoms with E-state index in [1.54, 1.807) is 17.7 Å². The molecule has 0 unspecified atom stereocenters. The van der Waals surface area contributed by atoms with Gasteiger partial charge < -0.3 is 5.11 Å². The summed E-state index contributed by atoms with van der Waals surface area (Å²) in [5.41, 5.74) is 5.25. The standard InChI is InChI=1S/C24H26O3/c25-17-4-1-15(2-5-17)14-24-12-11-20-19-8-6-18(26)13-16(19)3-7-21(20)22(24)9-10-23(24)27/h1-2,4-5,13,21-22,25H,3,6-12,14H2/t21-,22+,24-/m1/s1. The predicted molar refractivity (Wildman–Crippen MR) is 103 cm³/mol. The minimum absolute atomic E-state index is 0.225. The smallest absolute Gasteiger partial charge is 0.156 e. The van der Waals surface area contributed by atoms with Gasteiger partial charge in [-0.15, -0.1) is 0 Å². The molecule has 4 aliphatic rings. The van der Waals surface area contributed by atoms with Gasteiger partial charge in [0.2, 0.25) is 0 Å². The topological polar surface area (TPSA) is 54.4 Å². The molecule has 1 N–H and O–H groups in total. The second-order valence-electron chi connectivity index (χ2n) is 8.85. The van der Waals surface area contributed by atoms with Crippen LogP contribution in [0.25, 0.3) is 0 Å². The van der Waals surface area contributed by atoms with Gasteiger partial charge in [0.1, 0.15) is 11.5 Å². The van der Waals surface area contributed by atoms with E-state index in [4.69, 9.17) is 0 Å². The summed E-state index contributed by atoms with van der Waals surface area (Å²) in [6, 6.07) is 7.39. The van der Waals surface area contributed by atoms with Crippen molar-refractivity contribution in [3.63, 3.8) is 0 Å². The SMILES string of the molecule is O=C1C=C2CC[C@@H]3C(=C2CC1)CC[C@]1(Cc2ccc(O)cc2)C(=O)CC[C@@H]31. The maximum Gasteiger partial charge on any atom is 0.156 e. The molecule has 0 saturated heterocycles. The Morgan fingerprint density at radius 1 is 0.963 bits per heavy atom. The lowest BCUT2D eigenvalue weighted by molar-refractivity contribution is -0.129. The minimum atomic E-state index is -0.225. The number of ketones is 2. The van der Waals surface area contributed by atoms with E-state index in [1.165, 1.54) is 11.1 Å². The number of allylic oxidation sites excluding steroid dienone is 4. The fraction of sp³-hybridized carbons (Fsp3) is 0.500. The number of aromatic hydroxyl groups is 1. The molecule has 4 aliphatic carbocycles. The van der Waals surface area contributed by atoms with Crippen LogP contribution in [0, 0.1) is 17.3 Å². The lowest BCUT2D eigenvalue weighted by Crippen LogP contribution is -2.43. The fourth-order valence-electron chi connectivity index (χ4n) is 6.43. The van der Waals surface area contributed by atoms with E-state index < -0.39 is 0 Å². The van der Waals surface area contributed by atoms with E-state index in [2.05, 4.69) is 0 Å². The normalized spacial score (nSPS) is 32.7. The number of hydrogen-bond acceptors (Lipinski definition) is 3. The Morgan fingerprint density at radius 3 is 2.59 bits per heavy atom. The van der Waals surface area contributed by atoms with Crippen LogP contribution in [-0.4, -0.2) is 16.7 Å². The van der Waals surface area contributed by atoms with E-state index >= 15 is 0 Å². The van der Waals surface area contributed by atoms with Crippen LogP contribution in [0.4, 0.5) is 0 Å². The van der Waals surface area contributed by atoms with Crippen LogP contribution in [0.3, 0.4) is 0 Å². The zero-order valence-electron chi connectivity index (χ0n) is 15.7. The van der Waals surface area contributed by atoms with E-state index in [9.17, 15) is 14.7 Å². The summed E-state index contributed by atoms with van der Waals surface area (Å²) in [5, 5.41) is 9.58. The molecule has 0 bridgehead atoms. The lowest BCUT2D eigenvalue weighted by atomic mass is 9.55. The Bertz CT molecular complexity index is 873. The summed E-state index contributed by atoms with van der Waals surface area (Å²) < 4.78 is 0. The van der Waals surface area contributed by atoms with Gasteiger partial charge in [-0.05, 0) is 91.7 Å². The van der Waals surface area contributed by atoms with E-state index in [0.717, 1.165) is 50.5 Å². The van der Waals surface area contributed by atoms with E-state index in [1.807, 2.05) is 18.2 Å². The molecule has 1 aromatic rings. The van der Waals surface area contributed by atoms with Crippen molar-refractivity contribution in [2.45, 2.75) is 57.8 Å². The number of phenols is 1. The van der Waals surface area contributed by atoms with Gasteiger partial charge in [-0.1, -0.05) is 17.7 Å². The average molecular weight is 362 g/mol. The van der Waals surface area contributed by atoms with Crippen molar-refractivity contribution in [1.29, 1.82) is 0 Å². The van der Waals surface area contributed by atoms with Crippen molar-refractivity contribution in [1.82, 2.24) is 0 Å². The first kappa shape index (κ1) is 17.0. The molecule has 5 rings (SSSR count). The van der Waals surface area contributed by atoms with Crippen LogP contribution in [0.2, 0.25) is 0 Å². The summed E-state index contributed by atoms with van der Waals surface area (Å²) in [7, 11) is 0. The third-order valence-electron chi connectivity index (χ3n) is 7.63. The molecule has 27 heavy (non-hydrogen) atoms. The largest absolute Gasteiger partial charge is 0.508 e. The molecule has 0 amide bonds. The predicted octanol–water partition coefficient (Wildman–Crippen LogP) is 4.69. The van der Waals surface area contributed by atoms with Gasteiger partial charge in [0.25, 0.3) is 0 Å². The molecular formula is C24H26O3. The van der Waals surface area contributed by atoms with Crippen molar-refractivity contribution in [3.8, 4) is 5.75 Å². The van der Waals surface area contributed by atoms with E-state index in [0.29, 0.717) is 30.5 Å². The molecule has 0 radical (unpaired) electrons. The zero-order valence-corrected chi connectivity index (χ0v) is 15.7. The van der Waals surface area contributed by atoms with Crippen LogP contribution >= 0.6 is 0 Å². The summed E-state index contributed by atoms with van der Waals surface area (Å²) >= 11 is 0. The summed E-state index contributed by atoms with van der Waals surface area (Å²) in [6.45, 7) is 0. The molecule has 2 saturated carbocycles. The highest BCUT2D eigenvalue weighted by molar-refractivity contribution is 5.93. The van der Waals surface area contributed by atoms with Gasteiger partial charge >= 0.3 is 0 Å². The van der Waals surface area contributed by atoms with Gasteiger partial charge in [0.05, 0.1) is 0 Å². The Labute approximate surface area is 160 Å². The number of benzene rings is 1. The summed E-state index contributed by atoms with van der Waals surface area (Å²) in [5.74, 6) is 1.96. The lowest BCUT2D eigenvalue weighted by Gasteiger charge is -2.48. The van der Waals surface area contributed by atoms with Crippen LogP contribution in [0.5, 0.6) is 5.75 Å². The molecule has 0 heterocycles. The number of rotatable bonds is 2. The van der Waals surface area contributed by atoms with Crippen molar-refractivity contribution in [3.05, 3.63) is 52.6 Å². The van der Waals surface area contributed by atoms with E-state index in [-0.39, 0.29) is 16.9 Å². The first-order valence-electron chi connectivity index (χ1n) is 10.3. The van der Waals surface area contributed by atoms with Crippen molar-refractivity contribution in [2.75, 3.05) is 0 Å². The highest BCUT2D eigenvalue weighted by Gasteiger charge is 2.55. The van der Waals surface area contributed by atoms with Gasteiger partial charge in [-0.25, -0.2) is 0 Å². The number of phenolic OH excluding ortho intramolecular Hbond substituents is 1. The van der Waals surface area contributed by atoms with Crippen LogP contribution in [-0.2, 0) is 16.0 Å². The molecule has 0 aromatic heterocycles. The van der Waals surface area contributed by atoms with Gasteiger partial charge in [-0.3, -0.25) is 9.59 Å². The summed E-state index contributed by atoms with van der Waals surface area (Å²) in [4.78, 5) is 24.9. The fourth-order valence-corrected chi connectivity index (χ4v) is 6.43. The van der Waals surface area contributed by atoms with Crippen molar-refractivity contribution in [2.24, 2.45) is 17.3 Å². The molecule has 0 aliphatic heterocycles. The Hall–Kier alpha value is -2.16. The second-order valence-corrected chi connectivity index (χ2v) is 8.85. The monoisotopic (exact) mass is 362 g/mol. The Morgan fingerprint density at radius 2 is 1.78 bits per heavy atom. The summed E-state index contributed by atoms with van der Waals surface area (Å²) in [6.07, 6.45) is 10.00. The number of hydrogen-bond donors (Lipinski definition) is 1. The number of carbonyl (C=O) groups is 2. The Balaban J connectivity index is 1.51. The molecule has 3 heteroatoms. The minimum Gasteiger partial charge on any atom is -0.508 e. The number of fused-ring (bicyclic) bond motifs is 4. The third kappa shape index (κ3) is 2.62. The van der Waals surface area contributed by atoms with Gasteiger partial charge in [-0.2, -0.15) is 0 Å². The number of carbonyl (C=O) groups excluding carboxylic acids is 2. The molecule has 3 atom stereocenters. The molecular weight excluding hydrogens is 336 g/mol. The van der Waals surface area contributed by atoms with Crippen LogP contribution in [0.15, 0.2) is 47.1 Å². The maximum atomic E-state index is 13.1. The molecule has 2 fully saturated rings. The number of Topliss-reactive ketones (excluding diaryl/α,β-unsaturated/α-hetero) is 1. The van der Waals surface area contributed by atoms with Gasteiger partial charge in [0, 0.05) is 18.3 Å². The van der Waals surface area contributed by atoms with Crippen LogP contribution < -0.4 is 0 Å².